The standard InChI is InChI=1S/C15H13N3O6/c1-22-9-5-10(23-2)18-14(17-9)7-3-4-8-13(12(7)15(20)21)24-11(19)6-16-8/h3-5,16H,6H2,1-2H3,(H,20,21). The Bertz CT molecular complexity index is 814. The zero-order valence-electron chi connectivity index (χ0n) is 12.8. The molecule has 1 aliphatic rings. The zero-order chi connectivity index (χ0) is 17.3. The molecule has 0 radical (unpaired) electrons. The molecule has 3 rings (SSSR count). The Morgan fingerprint density at radius 3 is 2.50 bits per heavy atom. The molecule has 2 N–H and O–H groups in total. The van der Waals surface area contributed by atoms with Gasteiger partial charge in [0.1, 0.15) is 12.1 Å². The first kappa shape index (κ1) is 15.5. The summed E-state index contributed by atoms with van der Waals surface area (Å²) in [4.78, 5) is 31.5. The van der Waals surface area contributed by atoms with Crippen LogP contribution in [0.5, 0.6) is 17.5 Å². The van der Waals surface area contributed by atoms with Crippen LogP contribution in [0.4, 0.5) is 5.69 Å². The summed E-state index contributed by atoms with van der Waals surface area (Å²) in [6.45, 7) is -0.0328. The minimum absolute atomic E-state index is 0.0328. The molecule has 9 heteroatoms. The van der Waals surface area contributed by atoms with E-state index in [1.165, 1.54) is 26.4 Å². The first-order chi connectivity index (χ1) is 11.5. The fourth-order valence-electron chi connectivity index (χ4n) is 2.28. The quantitative estimate of drug-likeness (QED) is 0.628. The number of esters is 1. The van der Waals surface area contributed by atoms with E-state index in [9.17, 15) is 14.7 Å². The predicted octanol–water partition coefficient (Wildman–Crippen LogP) is 1.19. The molecule has 0 amide bonds. The molecule has 1 aromatic heterocycles. The van der Waals surface area contributed by atoms with Gasteiger partial charge < -0.3 is 24.6 Å². The third-order valence-electron chi connectivity index (χ3n) is 3.35. The van der Waals surface area contributed by atoms with Crippen LogP contribution in [0.3, 0.4) is 0 Å². The number of aromatic carboxylic acids is 1. The number of methoxy groups -OCH3 is 2. The number of aromatic nitrogens is 2. The van der Waals surface area contributed by atoms with Crippen LogP contribution in [0.1, 0.15) is 10.4 Å². The summed E-state index contributed by atoms with van der Waals surface area (Å²) >= 11 is 0. The van der Waals surface area contributed by atoms with Gasteiger partial charge in [0.2, 0.25) is 11.8 Å². The first-order valence-electron chi connectivity index (χ1n) is 6.85. The lowest BCUT2D eigenvalue weighted by Crippen LogP contribution is -2.26. The second-order valence-electron chi connectivity index (χ2n) is 4.77. The van der Waals surface area contributed by atoms with Crippen LogP contribution < -0.4 is 19.5 Å². The van der Waals surface area contributed by atoms with Crippen molar-refractivity contribution in [1.82, 2.24) is 9.97 Å². The highest BCUT2D eigenvalue weighted by Gasteiger charge is 2.28. The van der Waals surface area contributed by atoms with Gasteiger partial charge in [0.15, 0.2) is 11.6 Å². The molecule has 9 nitrogen and oxygen atoms in total. The van der Waals surface area contributed by atoms with E-state index in [0.717, 1.165) is 0 Å². The maximum atomic E-state index is 11.7. The third kappa shape index (κ3) is 2.67. The van der Waals surface area contributed by atoms with Crippen LogP contribution in [0.15, 0.2) is 18.2 Å². The molecule has 0 fully saturated rings. The van der Waals surface area contributed by atoms with Gasteiger partial charge in [-0.2, -0.15) is 9.97 Å². The lowest BCUT2D eigenvalue weighted by Gasteiger charge is -2.20. The van der Waals surface area contributed by atoms with Crippen LogP contribution in [-0.2, 0) is 4.79 Å². The van der Waals surface area contributed by atoms with Crippen LogP contribution >= 0.6 is 0 Å². The second kappa shape index (κ2) is 6.03. The van der Waals surface area contributed by atoms with Crippen molar-refractivity contribution in [3.8, 4) is 28.9 Å². The van der Waals surface area contributed by atoms with Crippen LogP contribution in [-0.4, -0.2) is 47.8 Å². The average Bonchev–Trinajstić information content (AvgIpc) is 2.59. The summed E-state index contributed by atoms with van der Waals surface area (Å²) in [5.41, 5.74) is 0.365. The van der Waals surface area contributed by atoms with Crippen molar-refractivity contribution >= 4 is 17.6 Å². The van der Waals surface area contributed by atoms with Gasteiger partial charge in [-0.15, -0.1) is 0 Å². The van der Waals surface area contributed by atoms with E-state index in [-0.39, 0.29) is 41.0 Å². The van der Waals surface area contributed by atoms with Crippen molar-refractivity contribution in [2.75, 3.05) is 26.1 Å². The lowest BCUT2D eigenvalue weighted by molar-refractivity contribution is -0.132. The van der Waals surface area contributed by atoms with E-state index in [1.54, 1.807) is 6.07 Å². The Balaban J connectivity index is 2.23. The molecule has 0 saturated carbocycles. The van der Waals surface area contributed by atoms with Crippen molar-refractivity contribution in [1.29, 1.82) is 0 Å². The van der Waals surface area contributed by atoms with Crippen molar-refractivity contribution in [2.45, 2.75) is 0 Å². The summed E-state index contributed by atoms with van der Waals surface area (Å²) in [5, 5.41) is 12.4. The van der Waals surface area contributed by atoms with Crippen molar-refractivity contribution < 1.29 is 28.9 Å². The van der Waals surface area contributed by atoms with Gasteiger partial charge >= 0.3 is 11.9 Å². The zero-order valence-corrected chi connectivity index (χ0v) is 12.8. The van der Waals surface area contributed by atoms with E-state index in [0.29, 0.717) is 5.69 Å². The second-order valence-corrected chi connectivity index (χ2v) is 4.77. The maximum absolute atomic E-state index is 11.7. The van der Waals surface area contributed by atoms with E-state index in [1.807, 2.05) is 0 Å². The topological polar surface area (TPSA) is 120 Å². The Hall–Kier alpha value is -3.36. The van der Waals surface area contributed by atoms with Crippen molar-refractivity contribution in [2.24, 2.45) is 0 Å². The molecule has 124 valence electrons. The third-order valence-corrected chi connectivity index (χ3v) is 3.35. The monoisotopic (exact) mass is 331 g/mol. The molecule has 24 heavy (non-hydrogen) atoms. The maximum Gasteiger partial charge on any atom is 0.340 e. The molecule has 0 spiro atoms. The normalized spacial score (nSPS) is 12.7. The largest absolute Gasteiger partial charge is 0.481 e. The molecule has 0 atom stereocenters. The highest BCUT2D eigenvalue weighted by Crippen LogP contribution is 2.38. The molecule has 0 unspecified atom stereocenters. The molecule has 0 bridgehead atoms. The average molecular weight is 331 g/mol. The van der Waals surface area contributed by atoms with Gasteiger partial charge in [0.05, 0.1) is 26.0 Å². The van der Waals surface area contributed by atoms with Crippen molar-refractivity contribution in [3.63, 3.8) is 0 Å². The SMILES string of the molecule is COc1cc(OC)nc(-c2ccc3c(c2C(=O)O)OC(=O)CN3)n1. The van der Waals surface area contributed by atoms with E-state index in [2.05, 4.69) is 15.3 Å². The Morgan fingerprint density at radius 2 is 1.92 bits per heavy atom. The molecule has 1 aliphatic heterocycles. The van der Waals surface area contributed by atoms with Gasteiger partial charge in [-0.05, 0) is 12.1 Å². The molecule has 2 aromatic rings. The Labute approximate surface area is 136 Å². The molecule has 1 aromatic carbocycles. The number of carbonyl (C=O) groups excluding carboxylic acids is 1. The molecule has 2 heterocycles. The molecule has 0 aliphatic carbocycles. The minimum atomic E-state index is -1.27. The van der Waals surface area contributed by atoms with Gasteiger partial charge in [0, 0.05) is 5.56 Å². The van der Waals surface area contributed by atoms with E-state index < -0.39 is 11.9 Å². The van der Waals surface area contributed by atoms with Gasteiger partial charge in [0.25, 0.3) is 0 Å². The van der Waals surface area contributed by atoms with Gasteiger partial charge in [-0.3, -0.25) is 0 Å². The number of nitrogens with zero attached hydrogens (tertiary/aromatic N) is 2. The number of hydrogen-bond donors (Lipinski definition) is 2. The Kier molecular flexibility index (Phi) is 3.90. The summed E-state index contributed by atoms with van der Waals surface area (Å²) < 4.78 is 15.2. The minimum Gasteiger partial charge on any atom is -0.481 e. The number of carbonyl (C=O) groups is 2. The van der Waals surface area contributed by atoms with Crippen LogP contribution in [0.25, 0.3) is 11.4 Å². The number of nitrogens with one attached hydrogen (secondary N) is 1. The highest BCUT2D eigenvalue weighted by molar-refractivity contribution is 6.02. The Morgan fingerprint density at radius 1 is 1.25 bits per heavy atom. The molecular formula is C15H13N3O6. The van der Waals surface area contributed by atoms with Crippen molar-refractivity contribution in [3.05, 3.63) is 23.8 Å². The van der Waals surface area contributed by atoms with E-state index in [4.69, 9.17) is 14.2 Å². The number of rotatable bonds is 4. The predicted molar refractivity (Wildman–Crippen MR) is 81.7 cm³/mol. The summed E-state index contributed by atoms with van der Waals surface area (Å²) in [7, 11) is 2.84. The number of benzene rings is 1. The first-order valence-corrected chi connectivity index (χ1v) is 6.85. The number of carboxylic acids is 1. The molecule has 0 saturated heterocycles. The summed E-state index contributed by atoms with van der Waals surface area (Å²) in [6.07, 6.45) is 0. The fourth-order valence-corrected chi connectivity index (χ4v) is 2.28. The van der Waals surface area contributed by atoms with E-state index >= 15 is 0 Å². The smallest absolute Gasteiger partial charge is 0.340 e. The highest BCUT2D eigenvalue weighted by atomic mass is 16.5. The number of fused-ring (bicyclic) bond motifs is 1. The number of ether oxygens (including phenoxy) is 3. The lowest BCUT2D eigenvalue weighted by atomic mass is 10.0. The number of hydrogen-bond acceptors (Lipinski definition) is 8. The van der Waals surface area contributed by atoms with Gasteiger partial charge in [-0.25, -0.2) is 9.59 Å². The van der Waals surface area contributed by atoms with Gasteiger partial charge in [-0.1, -0.05) is 0 Å². The molecular weight excluding hydrogens is 318 g/mol. The number of anilines is 1. The number of carboxylic acid groups (broad SMARTS) is 1. The van der Waals surface area contributed by atoms with Crippen LogP contribution in [0.2, 0.25) is 0 Å². The van der Waals surface area contributed by atoms with Crippen LogP contribution in [0, 0.1) is 0 Å². The fraction of sp³-hybridized carbons (Fsp3) is 0.200. The summed E-state index contributed by atoms with van der Waals surface area (Å²) in [5.74, 6) is -1.42. The summed E-state index contributed by atoms with van der Waals surface area (Å²) in [6, 6.07) is 4.59.